The van der Waals surface area contributed by atoms with Crippen LogP contribution in [0, 0.1) is 0 Å². The van der Waals surface area contributed by atoms with Crippen LogP contribution in [0.15, 0.2) is 78.9 Å². The first-order valence-corrected chi connectivity index (χ1v) is 15.2. The number of nitrogens with zero attached hydrogens (tertiary/aromatic N) is 2. The van der Waals surface area contributed by atoms with E-state index in [0.29, 0.717) is 21.0 Å². The number of hydrogen-bond acceptors (Lipinski definition) is 4. The molecule has 3 aromatic carbocycles. The molecule has 1 atom stereocenters. The maximum atomic E-state index is 14.0. The summed E-state index contributed by atoms with van der Waals surface area (Å²) in [5.74, 6) is -1.27. The molecule has 0 aliphatic heterocycles. The average Bonchev–Trinajstić information content (AvgIpc) is 2.87. The van der Waals surface area contributed by atoms with Crippen molar-refractivity contribution in [2.75, 3.05) is 17.1 Å². The average molecular weight is 624 g/mol. The SMILES string of the molecule is CC(C)(C)NC(=O)C(Cc1ccccc1)N(Cc1cccc(Cl)c1)C(=O)CN(c1cccc(C(F)(F)F)c1)S(C)(=O)=O. The van der Waals surface area contributed by atoms with E-state index in [1.807, 2.05) is 6.07 Å². The van der Waals surface area contributed by atoms with Crippen molar-refractivity contribution in [2.24, 2.45) is 0 Å². The van der Waals surface area contributed by atoms with Crippen LogP contribution in [0.5, 0.6) is 0 Å². The molecule has 42 heavy (non-hydrogen) atoms. The van der Waals surface area contributed by atoms with Crippen LogP contribution in [0.25, 0.3) is 0 Å². The highest BCUT2D eigenvalue weighted by atomic mass is 35.5. The van der Waals surface area contributed by atoms with Crippen molar-refractivity contribution in [1.29, 1.82) is 0 Å². The maximum absolute atomic E-state index is 14.0. The number of nitrogens with one attached hydrogen (secondary N) is 1. The number of sulfonamides is 1. The summed E-state index contributed by atoms with van der Waals surface area (Å²) in [4.78, 5) is 29.0. The second-order valence-corrected chi connectivity index (χ2v) is 13.3. The van der Waals surface area contributed by atoms with Gasteiger partial charge in [-0.05, 0) is 62.2 Å². The minimum Gasteiger partial charge on any atom is -0.350 e. The van der Waals surface area contributed by atoms with E-state index in [4.69, 9.17) is 11.6 Å². The third-order valence-corrected chi connectivity index (χ3v) is 7.53. The zero-order valence-electron chi connectivity index (χ0n) is 23.7. The van der Waals surface area contributed by atoms with Gasteiger partial charge in [-0.15, -0.1) is 0 Å². The number of hydrogen-bond donors (Lipinski definition) is 1. The minimum atomic E-state index is -4.73. The Morgan fingerprint density at radius 2 is 1.52 bits per heavy atom. The Morgan fingerprint density at radius 1 is 0.905 bits per heavy atom. The summed E-state index contributed by atoms with van der Waals surface area (Å²) in [7, 11) is -4.23. The number of halogens is 4. The largest absolute Gasteiger partial charge is 0.416 e. The fraction of sp³-hybridized carbons (Fsp3) is 0.333. The molecule has 1 unspecified atom stereocenters. The molecule has 0 radical (unpaired) electrons. The molecule has 0 spiro atoms. The molecule has 0 heterocycles. The number of anilines is 1. The minimum absolute atomic E-state index is 0.0947. The van der Waals surface area contributed by atoms with Crippen LogP contribution >= 0.6 is 11.6 Å². The van der Waals surface area contributed by atoms with Gasteiger partial charge in [0, 0.05) is 23.5 Å². The molecule has 0 bridgehead atoms. The summed E-state index contributed by atoms with van der Waals surface area (Å²) in [6, 6.07) is 18.2. The molecule has 3 aromatic rings. The van der Waals surface area contributed by atoms with Crippen LogP contribution in [0.2, 0.25) is 5.02 Å². The van der Waals surface area contributed by atoms with Crippen molar-refractivity contribution < 1.29 is 31.2 Å². The van der Waals surface area contributed by atoms with Crippen LogP contribution in [-0.2, 0) is 38.8 Å². The molecular weight excluding hydrogens is 591 g/mol. The van der Waals surface area contributed by atoms with E-state index in [1.165, 1.54) is 11.0 Å². The Hall–Kier alpha value is -3.57. The molecule has 12 heteroatoms. The number of rotatable bonds is 10. The van der Waals surface area contributed by atoms with E-state index in [-0.39, 0.29) is 18.7 Å². The van der Waals surface area contributed by atoms with Gasteiger partial charge in [-0.3, -0.25) is 13.9 Å². The normalized spacial score (nSPS) is 12.9. The zero-order valence-corrected chi connectivity index (χ0v) is 25.2. The second kappa shape index (κ2) is 13.2. The van der Waals surface area contributed by atoms with Gasteiger partial charge in [0.15, 0.2) is 0 Å². The molecule has 0 aliphatic carbocycles. The van der Waals surface area contributed by atoms with Crippen LogP contribution in [0.4, 0.5) is 18.9 Å². The Labute approximate surface area is 249 Å². The smallest absolute Gasteiger partial charge is 0.350 e. The molecule has 226 valence electrons. The van der Waals surface area contributed by atoms with Crippen LogP contribution in [-0.4, -0.2) is 49.5 Å². The Balaban J connectivity index is 2.10. The summed E-state index contributed by atoms with van der Waals surface area (Å²) >= 11 is 6.18. The van der Waals surface area contributed by atoms with Crippen molar-refractivity contribution in [1.82, 2.24) is 10.2 Å². The molecule has 0 saturated heterocycles. The highest BCUT2D eigenvalue weighted by molar-refractivity contribution is 7.92. The first-order chi connectivity index (χ1) is 19.4. The lowest BCUT2D eigenvalue weighted by atomic mass is 10.0. The van der Waals surface area contributed by atoms with E-state index in [0.717, 1.165) is 24.0 Å². The van der Waals surface area contributed by atoms with Crippen LogP contribution in [0.3, 0.4) is 0 Å². The van der Waals surface area contributed by atoms with Gasteiger partial charge in [-0.25, -0.2) is 8.42 Å². The Kier molecular flexibility index (Phi) is 10.3. The number of benzene rings is 3. The van der Waals surface area contributed by atoms with Gasteiger partial charge >= 0.3 is 6.18 Å². The second-order valence-electron chi connectivity index (χ2n) is 10.9. The maximum Gasteiger partial charge on any atom is 0.416 e. The van der Waals surface area contributed by atoms with Gasteiger partial charge < -0.3 is 10.2 Å². The van der Waals surface area contributed by atoms with E-state index in [2.05, 4.69) is 5.32 Å². The van der Waals surface area contributed by atoms with Gasteiger partial charge in [0.25, 0.3) is 0 Å². The predicted octanol–water partition coefficient (Wildman–Crippen LogP) is 5.68. The van der Waals surface area contributed by atoms with Gasteiger partial charge in [0.1, 0.15) is 12.6 Å². The summed E-state index contributed by atoms with van der Waals surface area (Å²) < 4.78 is 66.5. The molecule has 7 nitrogen and oxygen atoms in total. The summed E-state index contributed by atoms with van der Waals surface area (Å²) in [6.45, 7) is 4.40. The van der Waals surface area contributed by atoms with Crippen LogP contribution < -0.4 is 9.62 Å². The number of alkyl halides is 3. The summed E-state index contributed by atoms with van der Waals surface area (Å²) in [6.07, 6.45) is -3.83. The lowest BCUT2D eigenvalue weighted by molar-refractivity contribution is -0.140. The number of carbonyl (C=O) groups excluding carboxylic acids is 2. The van der Waals surface area contributed by atoms with E-state index in [9.17, 15) is 31.2 Å². The van der Waals surface area contributed by atoms with Gasteiger partial charge in [-0.2, -0.15) is 13.2 Å². The molecular formula is C30H33ClF3N3O4S. The third-order valence-electron chi connectivity index (χ3n) is 6.15. The lowest BCUT2D eigenvalue weighted by Crippen LogP contribution is -2.56. The number of amides is 2. The van der Waals surface area contributed by atoms with Crippen molar-refractivity contribution in [3.8, 4) is 0 Å². The summed E-state index contributed by atoms with van der Waals surface area (Å²) in [5, 5.41) is 3.28. The van der Waals surface area contributed by atoms with Crippen molar-refractivity contribution in [3.63, 3.8) is 0 Å². The molecule has 0 aromatic heterocycles. The van der Waals surface area contributed by atoms with Gasteiger partial charge in [-0.1, -0.05) is 60.1 Å². The fourth-order valence-corrected chi connectivity index (χ4v) is 5.34. The van der Waals surface area contributed by atoms with Crippen molar-refractivity contribution in [2.45, 2.75) is 51.5 Å². The van der Waals surface area contributed by atoms with E-state index < -0.39 is 51.7 Å². The summed E-state index contributed by atoms with van der Waals surface area (Å²) in [5.41, 5.74) is -0.741. The molecule has 0 saturated carbocycles. The lowest BCUT2D eigenvalue weighted by Gasteiger charge is -2.35. The zero-order chi connectivity index (χ0) is 31.3. The fourth-order valence-electron chi connectivity index (χ4n) is 4.29. The monoisotopic (exact) mass is 623 g/mol. The highest BCUT2D eigenvalue weighted by Crippen LogP contribution is 2.32. The topological polar surface area (TPSA) is 86.8 Å². The standard InChI is InChI=1S/C30H33ClF3N3O4S/c1-29(2,3)35-28(39)26(17-21-10-6-5-7-11-21)36(19-22-12-8-14-24(31)16-22)27(38)20-37(42(4,40)41)25-15-9-13-23(18-25)30(32,33)34/h5-16,18,26H,17,19-20H2,1-4H3,(H,35,39). The Morgan fingerprint density at radius 3 is 2.10 bits per heavy atom. The number of carbonyl (C=O) groups is 2. The van der Waals surface area contributed by atoms with E-state index in [1.54, 1.807) is 69.3 Å². The molecule has 0 aliphatic rings. The van der Waals surface area contributed by atoms with Gasteiger partial charge in [0.2, 0.25) is 21.8 Å². The molecule has 1 N–H and O–H groups in total. The third kappa shape index (κ3) is 9.49. The quantitative estimate of drug-likeness (QED) is 0.315. The molecule has 0 fully saturated rings. The molecule has 2 amide bonds. The van der Waals surface area contributed by atoms with Crippen LogP contribution in [0.1, 0.15) is 37.5 Å². The van der Waals surface area contributed by atoms with E-state index >= 15 is 0 Å². The van der Waals surface area contributed by atoms with Crippen molar-refractivity contribution >= 4 is 39.1 Å². The molecule has 3 rings (SSSR count). The van der Waals surface area contributed by atoms with Crippen molar-refractivity contribution in [3.05, 3.63) is 101 Å². The Bertz CT molecular complexity index is 1510. The first-order valence-electron chi connectivity index (χ1n) is 13.0. The first kappa shape index (κ1) is 32.9. The predicted molar refractivity (Wildman–Crippen MR) is 157 cm³/mol. The van der Waals surface area contributed by atoms with Gasteiger partial charge in [0.05, 0.1) is 17.5 Å². The highest BCUT2D eigenvalue weighted by Gasteiger charge is 2.35.